The van der Waals surface area contributed by atoms with Gasteiger partial charge in [-0.1, -0.05) is 19.6 Å². The first-order chi connectivity index (χ1) is 20.1. The Kier molecular flexibility index (Phi) is 8.06. The van der Waals surface area contributed by atoms with Crippen molar-refractivity contribution < 1.29 is 9.90 Å². The molecule has 42 heavy (non-hydrogen) atoms. The van der Waals surface area contributed by atoms with Gasteiger partial charge in [0.25, 0.3) is 0 Å². The van der Waals surface area contributed by atoms with Crippen LogP contribution in [-0.4, -0.2) is 56.0 Å². The maximum atomic E-state index is 12.8. The summed E-state index contributed by atoms with van der Waals surface area (Å²) in [6, 6.07) is 8.56. The molecule has 7 nitrogen and oxygen atoms in total. The molecule has 0 unspecified atom stereocenters. The van der Waals surface area contributed by atoms with Crippen molar-refractivity contribution in [1.29, 1.82) is 0 Å². The molecule has 3 N–H and O–H groups in total. The van der Waals surface area contributed by atoms with Gasteiger partial charge in [-0.3, -0.25) is 4.79 Å². The molecule has 0 spiro atoms. The van der Waals surface area contributed by atoms with Crippen molar-refractivity contribution in [3.63, 3.8) is 0 Å². The predicted molar refractivity (Wildman–Crippen MR) is 174 cm³/mol. The molecule has 2 aliphatic heterocycles. The minimum absolute atomic E-state index is 0.00119. The molecule has 0 atom stereocenters. The third-order valence-electron chi connectivity index (χ3n) is 8.78. The van der Waals surface area contributed by atoms with E-state index in [0.717, 1.165) is 84.7 Å². The van der Waals surface area contributed by atoms with Crippen LogP contribution in [0.1, 0.15) is 78.6 Å². The normalized spacial score (nSPS) is 13.2. The number of H-pyrrole nitrogens is 2. The lowest BCUT2D eigenvalue weighted by atomic mass is 9.98. The van der Waals surface area contributed by atoms with Crippen LogP contribution in [0.5, 0.6) is 0 Å². The number of aromatic amines is 2. The van der Waals surface area contributed by atoms with Crippen LogP contribution in [0.25, 0.3) is 44.4 Å². The van der Waals surface area contributed by atoms with Crippen molar-refractivity contribution in [3.8, 4) is 0 Å². The molecule has 0 saturated heterocycles. The number of nitrogens with zero attached hydrogens (tertiary/aromatic N) is 3. The molecule has 5 heterocycles. The average Bonchev–Trinajstić information content (AvgIpc) is 3.66. The number of aryl methyl sites for hydroxylation is 4. The van der Waals surface area contributed by atoms with Crippen LogP contribution < -0.4 is 0 Å². The molecule has 0 saturated carbocycles. The third-order valence-corrected chi connectivity index (χ3v) is 8.78. The summed E-state index contributed by atoms with van der Waals surface area (Å²) in [6.07, 6.45) is 3.69. The largest absolute Gasteiger partial charge is 0.395 e. The van der Waals surface area contributed by atoms with Crippen molar-refractivity contribution in [2.24, 2.45) is 0 Å². The summed E-state index contributed by atoms with van der Waals surface area (Å²) in [5.74, 6) is 0.00119. The van der Waals surface area contributed by atoms with Crippen molar-refractivity contribution in [1.82, 2.24) is 24.8 Å². The van der Waals surface area contributed by atoms with E-state index in [1.807, 2.05) is 6.08 Å². The number of fused-ring (bicyclic) bond motifs is 8. The number of aliphatic hydroxyl groups excluding tert-OH is 1. The van der Waals surface area contributed by atoms with E-state index in [1.54, 1.807) is 11.9 Å². The molecule has 0 aromatic carbocycles. The Morgan fingerprint density at radius 3 is 2.29 bits per heavy atom. The summed E-state index contributed by atoms with van der Waals surface area (Å²) in [6.45, 7) is 17.1. The van der Waals surface area contributed by atoms with E-state index in [1.165, 1.54) is 11.1 Å². The smallest absolute Gasteiger partial charge is 0.222 e. The topological polar surface area (TPSA) is 97.9 Å². The number of allylic oxidation sites excluding steroid dienone is 5. The van der Waals surface area contributed by atoms with E-state index in [4.69, 9.17) is 9.97 Å². The third kappa shape index (κ3) is 5.13. The lowest BCUT2D eigenvalue weighted by Gasteiger charge is -2.16. The summed E-state index contributed by atoms with van der Waals surface area (Å²) in [5, 5.41) is 9.28. The van der Waals surface area contributed by atoms with Crippen LogP contribution in [0, 0.1) is 20.8 Å². The van der Waals surface area contributed by atoms with Gasteiger partial charge in [-0.15, -0.1) is 0 Å². The minimum Gasteiger partial charge on any atom is -0.395 e. The van der Waals surface area contributed by atoms with Gasteiger partial charge in [0.2, 0.25) is 5.91 Å². The summed E-state index contributed by atoms with van der Waals surface area (Å²) in [7, 11) is 1.73. The van der Waals surface area contributed by atoms with Crippen LogP contribution in [-0.2, 0) is 11.2 Å². The van der Waals surface area contributed by atoms with Gasteiger partial charge in [-0.25, -0.2) is 9.97 Å². The molecule has 2 aliphatic rings. The van der Waals surface area contributed by atoms with Crippen LogP contribution in [0.4, 0.5) is 0 Å². The number of likely N-dealkylation sites (N-methyl/N-ethyl adjacent to an activating group) is 1. The van der Waals surface area contributed by atoms with Crippen molar-refractivity contribution in [2.75, 3.05) is 20.2 Å². The van der Waals surface area contributed by atoms with Gasteiger partial charge in [0.1, 0.15) is 0 Å². The van der Waals surface area contributed by atoms with E-state index in [0.29, 0.717) is 19.4 Å². The van der Waals surface area contributed by atoms with E-state index >= 15 is 0 Å². The fraction of sp³-hybridized carbons (Fsp3) is 0.343. The SMILES string of the molecule is C=CC1=C(C)c2cc3nc(c(C)c4cc(C)c(cc5[nH]c(cc1n2)c(C)c5CC)[nH]4)C(CCC(=O)N(C)CCO)=C3C. The monoisotopic (exact) mass is 563 g/mol. The van der Waals surface area contributed by atoms with Gasteiger partial charge in [-0.05, 0) is 111 Å². The highest BCUT2D eigenvalue weighted by Crippen LogP contribution is 2.38. The molecule has 0 fully saturated rings. The first-order valence-corrected chi connectivity index (χ1v) is 14.7. The summed E-state index contributed by atoms with van der Waals surface area (Å²) >= 11 is 0. The average molecular weight is 564 g/mol. The molecule has 5 rings (SSSR count). The number of rotatable bonds is 7. The van der Waals surface area contributed by atoms with Crippen molar-refractivity contribution in [3.05, 3.63) is 81.9 Å². The number of carbonyl (C=O) groups excluding carboxylic acids is 1. The van der Waals surface area contributed by atoms with Gasteiger partial charge in [-0.2, -0.15) is 0 Å². The fourth-order valence-electron chi connectivity index (χ4n) is 6.04. The van der Waals surface area contributed by atoms with Crippen LogP contribution in [0.3, 0.4) is 0 Å². The second-order valence-corrected chi connectivity index (χ2v) is 11.4. The maximum Gasteiger partial charge on any atom is 0.222 e. The molecule has 0 radical (unpaired) electrons. The molecule has 0 aliphatic carbocycles. The van der Waals surface area contributed by atoms with Gasteiger partial charge in [0, 0.05) is 47.7 Å². The van der Waals surface area contributed by atoms with Crippen LogP contribution in [0.2, 0.25) is 0 Å². The number of aromatic nitrogens is 4. The van der Waals surface area contributed by atoms with Crippen LogP contribution >= 0.6 is 0 Å². The second-order valence-electron chi connectivity index (χ2n) is 11.4. The Balaban J connectivity index is 1.83. The highest BCUT2D eigenvalue weighted by Gasteiger charge is 2.23. The number of carbonyl (C=O) groups is 1. The molecule has 7 heteroatoms. The zero-order valence-electron chi connectivity index (χ0n) is 25.8. The highest BCUT2D eigenvalue weighted by molar-refractivity contribution is 5.98. The van der Waals surface area contributed by atoms with E-state index in [2.05, 4.69) is 82.4 Å². The van der Waals surface area contributed by atoms with Crippen LogP contribution in [0.15, 0.2) is 36.9 Å². The number of hydrogen-bond acceptors (Lipinski definition) is 4. The van der Waals surface area contributed by atoms with E-state index in [9.17, 15) is 9.90 Å². The van der Waals surface area contributed by atoms with Gasteiger partial charge >= 0.3 is 0 Å². The molecular formula is C35H41N5O2. The summed E-state index contributed by atoms with van der Waals surface area (Å²) < 4.78 is 0. The fourth-order valence-corrected chi connectivity index (χ4v) is 6.04. The minimum atomic E-state index is -0.0525. The Bertz CT molecular complexity index is 1830. The Morgan fingerprint density at radius 1 is 0.905 bits per heavy atom. The first kappa shape index (κ1) is 29.3. The van der Waals surface area contributed by atoms with Gasteiger partial charge < -0.3 is 20.0 Å². The highest BCUT2D eigenvalue weighted by atomic mass is 16.3. The molecule has 8 bridgehead atoms. The van der Waals surface area contributed by atoms with Gasteiger partial charge in [0.15, 0.2) is 0 Å². The zero-order valence-corrected chi connectivity index (χ0v) is 25.8. The number of nitrogens with one attached hydrogen (secondary N) is 2. The Morgan fingerprint density at radius 2 is 1.60 bits per heavy atom. The van der Waals surface area contributed by atoms with Crippen molar-refractivity contribution in [2.45, 2.75) is 60.8 Å². The summed E-state index contributed by atoms with van der Waals surface area (Å²) in [5.41, 5.74) is 16.6. The van der Waals surface area contributed by atoms with E-state index in [-0.39, 0.29) is 12.5 Å². The maximum absolute atomic E-state index is 12.8. The Hall–Kier alpha value is -4.23. The number of hydrogen-bond donors (Lipinski definition) is 3. The quantitative estimate of drug-likeness (QED) is 0.286. The Labute approximate surface area is 247 Å². The second kappa shape index (κ2) is 11.6. The van der Waals surface area contributed by atoms with E-state index < -0.39 is 0 Å². The van der Waals surface area contributed by atoms with Crippen molar-refractivity contribution >= 4 is 50.3 Å². The molecule has 3 aromatic heterocycles. The molecule has 1 amide bonds. The lowest BCUT2D eigenvalue weighted by Crippen LogP contribution is -2.29. The first-order valence-electron chi connectivity index (χ1n) is 14.7. The summed E-state index contributed by atoms with van der Waals surface area (Å²) in [4.78, 5) is 31.9. The lowest BCUT2D eigenvalue weighted by molar-refractivity contribution is -0.130. The molecule has 3 aromatic rings. The molecule has 218 valence electrons. The van der Waals surface area contributed by atoms with Gasteiger partial charge in [0.05, 0.1) is 29.4 Å². The predicted octanol–water partition coefficient (Wildman–Crippen LogP) is 7.08. The molecular weight excluding hydrogens is 522 g/mol. The number of amides is 1. The zero-order chi connectivity index (χ0) is 30.3. The number of aliphatic hydroxyl groups is 1. The standard InChI is InChI=1S/C35H41N5O2/c1-9-24-21(5)30-18-33-25(10-2)20(4)29(37-33)17-31-22(6)26(11-12-34(42)40(8)13-14-41)35(39-31)23(7)28-15-19(3)27(36-28)16-32(24)38-30/h10,15-18,36,38,41H,2,9,11-14H2,1,3-8H3.